The van der Waals surface area contributed by atoms with Gasteiger partial charge in [-0.15, -0.1) is 0 Å². The molecule has 0 bridgehead atoms. The molecular weight excluding hydrogens is 305 g/mol. The Balaban J connectivity index is 2.06. The summed E-state index contributed by atoms with van der Waals surface area (Å²) in [6.07, 6.45) is 5.96. The molecule has 0 aromatic heterocycles. The van der Waals surface area contributed by atoms with Crippen LogP contribution in [0, 0.1) is 11.2 Å². The van der Waals surface area contributed by atoms with Gasteiger partial charge in [0.1, 0.15) is 5.82 Å². The van der Waals surface area contributed by atoms with Gasteiger partial charge in [-0.25, -0.2) is 4.39 Å². The molecule has 0 atom stereocenters. The van der Waals surface area contributed by atoms with Crippen molar-refractivity contribution in [1.29, 1.82) is 0 Å². The van der Waals surface area contributed by atoms with Crippen molar-refractivity contribution in [2.45, 2.75) is 52.0 Å². The van der Waals surface area contributed by atoms with Crippen LogP contribution in [0.3, 0.4) is 0 Å². The van der Waals surface area contributed by atoms with E-state index in [4.69, 9.17) is 0 Å². The molecule has 0 saturated heterocycles. The Morgan fingerprint density at radius 2 is 2.00 bits per heavy atom. The van der Waals surface area contributed by atoms with Gasteiger partial charge in [-0.1, -0.05) is 19.9 Å². The fourth-order valence-corrected chi connectivity index (χ4v) is 2.97. The van der Waals surface area contributed by atoms with Crippen molar-refractivity contribution in [3.63, 3.8) is 0 Å². The molecule has 106 valence electrons. The van der Waals surface area contributed by atoms with Crippen LogP contribution in [0.2, 0.25) is 0 Å². The summed E-state index contributed by atoms with van der Waals surface area (Å²) in [5, 5.41) is 3.66. The van der Waals surface area contributed by atoms with E-state index in [0.717, 1.165) is 31.8 Å². The third-order valence-corrected chi connectivity index (χ3v) is 5.01. The average Bonchev–Trinajstić information content (AvgIpc) is 3.23. The van der Waals surface area contributed by atoms with Gasteiger partial charge >= 0.3 is 0 Å². The van der Waals surface area contributed by atoms with Crippen molar-refractivity contribution in [2.24, 2.45) is 5.41 Å². The Morgan fingerprint density at radius 3 is 2.53 bits per heavy atom. The van der Waals surface area contributed by atoms with E-state index in [-0.39, 0.29) is 5.82 Å². The van der Waals surface area contributed by atoms with Crippen LogP contribution in [-0.4, -0.2) is 12.6 Å². The number of benzene rings is 1. The molecule has 0 amide bonds. The zero-order chi connectivity index (χ0) is 13.9. The maximum atomic E-state index is 13.3. The molecular formula is C16H23BrFN. The Kier molecular flexibility index (Phi) is 5.02. The smallest absolute Gasteiger partial charge is 0.137 e. The lowest BCUT2D eigenvalue weighted by atomic mass is 9.77. The van der Waals surface area contributed by atoms with Gasteiger partial charge in [0.05, 0.1) is 4.47 Å². The second kappa shape index (κ2) is 6.36. The summed E-state index contributed by atoms with van der Waals surface area (Å²) < 4.78 is 13.9. The van der Waals surface area contributed by atoms with E-state index in [0.29, 0.717) is 9.89 Å². The van der Waals surface area contributed by atoms with E-state index in [9.17, 15) is 4.39 Å². The Labute approximate surface area is 124 Å². The Bertz CT molecular complexity index is 425. The summed E-state index contributed by atoms with van der Waals surface area (Å²) in [5.41, 5.74) is 1.51. The number of hydrogen-bond donors (Lipinski definition) is 1. The predicted molar refractivity (Wildman–Crippen MR) is 81.8 cm³/mol. The molecule has 0 radical (unpaired) electrons. The van der Waals surface area contributed by atoms with Crippen molar-refractivity contribution in [1.82, 2.24) is 5.32 Å². The molecule has 1 fully saturated rings. The van der Waals surface area contributed by atoms with Gasteiger partial charge in [0.15, 0.2) is 0 Å². The fourth-order valence-electron chi connectivity index (χ4n) is 2.54. The quantitative estimate of drug-likeness (QED) is 0.766. The van der Waals surface area contributed by atoms with E-state index in [2.05, 4.69) is 35.1 Å². The fraction of sp³-hybridized carbons (Fsp3) is 0.625. The third kappa shape index (κ3) is 4.03. The van der Waals surface area contributed by atoms with Crippen molar-refractivity contribution >= 4 is 15.9 Å². The molecule has 0 heterocycles. The van der Waals surface area contributed by atoms with Gasteiger partial charge in [0, 0.05) is 12.6 Å². The van der Waals surface area contributed by atoms with Gasteiger partial charge in [0.2, 0.25) is 0 Å². The largest absolute Gasteiger partial charge is 0.313 e. The lowest BCUT2D eigenvalue weighted by molar-refractivity contribution is 0.245. The summed E-state index contributed by atoms with van der Waals surface area (Å²) in [4.78, 5) is 0. The standard InChI is InChI=1S/C16H23BrFN/c1-3-16(4-2,11-19-13-6-7-13)10-12-5-8-15(18)14(17)9-12/h5,8-9,13,19H,3-4,6-7,10-11H2,1-2H3. The predicted octanol–water partition coefficient (Wildman–Crippen LogP) is 4.69. The van der Waals surface area contributed by atoms with Gasteiger partial charge in [-0.3, -0.25) is 0 Å². The monoisotopic (exact) mass is 327 g/mol. The highest BCUT2D eigenvalue weighted by Crippen LogP contribution is 2.33. The first kappa shape index (κ1) is 15.0. The van der Waals surface area contributed by atoms with E-state index < -0.39 is 0 Å². The summed E-state index contributed by atoms with van der Waals surface area (Å²) >= 11 is 3.28. The van der Waals surface area contributed by atoms with Gasteiger partial charge in [-0.2, -0.15) is 0 Å². The molecule has 0 unspecified atom stereocenters. The van der Waals surface area contributed by atoms with E-state index in [1.54, 1.807) is 6.07 Å². The summed E-state index contributed by atoms with van der Waals surface area (Å²) in [7, 11) is 0. The molecule has 19 heavy (non-hydrogen) atoms. The van der Waals surface area contributed by atoms with E-state index in [1.165, 1.54) is 18.4 Å². The van der Waals surface area contributed by atoms with Crippen molar-refractivity contribution in [3.8, 4) is 0 Å². The first-order valence-corrected chi connectivity index (χ1v) is 8.05. The van der Waals surface area contributed by atoms with E-state index in [1.807, 2.05) is 12.1 Å². The molecule has 3 heteroatoms. The normalized spacial score (nSPS) is 15.8. The van der Waals surface area contributed by atoms with Gasteiger partial charge in [-0.05, 0) is 71.1 Å². The zero-order valence-corrected chi connectivity index (χ0v) is 13.4. The number of nitrogens with one attached hydrogen (secondary N) is 1. The summed E-state index contributed by atoms with van der Waals surface area (Å²) in [6.45, 7) is 5.59. The molecule has 1 saturated carbocycles. The van der Waals surface area contributed by atoms with Gasteiger partial charge in [0.25, 0.3) is 0 Å². The van der Waals surface area contributed by atoms with Crippen molar-refractivity contribution in [2.75, 3.05) is 6.54 Å². The van der Waals surface area contributed by atoms with Crippen LogP contribution in [0.4, 0.5) is 4.39 Å². The van der Waals surface area contributed by atoms with Gasteiger partial charge < -0.3 is 5.32 Å². The second-order valence-corrected chi connectivity index (χ2v) is 6.64. The number of rotatable bonds is 7. The molecule has 1 nitrogen and oxygen atoms in total. The molecule has 1 aromatic carbocycles. The van der Waals surface area contributed by atoms with Crippen LogP contribution in [-0.2, 0) is 6.42 Å². The van der Waals surface area contributed by atoms with Crippen LogP contribution in [0.15, 0.2) is 22.7 Å². The maximum absolute atomic E-state index is 13.3. The minimum Gasteiger partial charge on any atom is -0.313 e. The number of halogens is 2. The summed E-state index contributed by atoms with van der Waals surface area (Å²) in [5.74, 6) is -0.182. The van der Waals surface area contributed by atoms with Crippen LogP contribution in [0.5, 0.6) is 0 Å². The molecule has 1 N–H and O–H groups in total. The lowest BCUT2D eigenvalue weighted by Crippen LogP contribution is -2.36. The van der Waals surface area contributed by atoms with Crippen molar-refractivity contribution in [3.05, 3.63) is 34.1 Å². The Hall–Kier alpha value is -0.410. The highest BCUT2D eigenvalue weighted by Gasteiger charge is 2.30. The first-order valence-electron chi connectivity index (χ1n) is 7.26. The third-order valence-electron chi connectivity index (χ3n) is 4.41. The molecule has 2 rings (SSSR count). The molecule has 1 aliphatic carbocycles. The molecule has 0 aliphatic heterocycles. The van der Waals surface area contributed by atoms with Crippen LogP contribution < -0.4 is 5.32 Å². The average molecular weight is 328 g/mol. The first-order chi connectivity index (χ1) is 9.08. The highest BCUT2D eigenvalue weighted by molar-refractivity contribution is 9.10. The van der Waals surface area contributed by atoms with Crippen LogP contribution >= 0.6 is 15.9 Å². The van der Waals surface area contributed by atoms with Crippen LogP contribution in [0.1, 0.15) is 45.1 Å². The summed E-state index contributed by atoms with van der Waals surface area (Å²) in [6, 6.07) is 6.14. The second-order valence-electron chi connectivity index (χ2n) is 5.79. The molecule has 0 spiro atoms. The van der Waals surface area contributed by atoms with Crippen LogP contribution in [0.25, 0.3) is 0 Å². The minimum atomic E-state index is -0.182. The van der Waals surface area contributed by atoms with Crippen molar-refractivity contribution < 1.29 is 4.39 Å². The highest BCUT2D eigenvalue weighted by atomic mass is 79.9. The van der Waals surface area contributed by atoms with E-state index >= 15 is 0 Å². The lowest BCUT2D eigenvalue weighted by Gasteiger charge is -2.32. The Morgan fingerprint density at radius 1 is 1.32 bits per heavy atom. The topological polar surface area (TPSA) is 12.0 Å². The SMILES string of the molecule is CCC(CC)(CNC1CC1)Cc1ccc(F)c(Br)c1. The minimum absolute atomic E-state index is 0.182. The zero-order valence-electron chi connectivity index (χ0n) is 11.8. The molecule has 1 aliphatic rings. The number of hydrogen-bond acceptors (Lipinski definition) is 1. The maximum Gasteiger partial charge on any atom is 0.137 e. The molecule has 1 aromatic rings.